The Hall–Kier alpha value is -1.30. The third kappa shape index (κ3) is 3.33. The molecule has 1 aliphatic carbocycles. The normalized spacial score (nSPS) is 22.0. The molecule has 96 valence electrons. The number of carboxylic acid groups (broad SMARTS) is 1. The zero-order valence-electron chi connectivity index (χ0n) is 9.89. The van der Waals surface area contributed by atoms with Crippen LogP contribution in [0.25, 0.3) is 0 Å². The Morgan fingerprint density at radius 2 is 1.82 bits per heavy atom. The Morgan fingerprint density at radius 3 is 2.29 bits per heavy atom. The molecule has 2 fully saturated rings. The summed E-state index contributed by atoms with van der Waals surface area (Å²) in [7, 11) is 0. The quantitative estimate of drug-likeness (QED) is 0.726. The average Bonchev–Trinajstić information content (AvgIpc) is 2.23. The molecule has 1 saturated heterocycles. The summed E-state index contributed by atoms with van der Waals surface area (Å²) in [6, 6.07) is 0.365. The van der Waals surface area contributed by atoms with Crippen LogP contribution in [-0.2, 0) is 4.79 Å². The number of carbonyl (C=O) groups excluding carboxylic acids is 1. The van der Waals surface area contributed by atoms with Crippen molar-refractivity contribution in [3.8, 4) is 0 Å². The SMILES string of the molecule is O=C(O)CN1CCN(C(=O)NC2CCC2)CC1. The number of amides is 2. The minimum Gasteiger partial charge on any atom is -0.480 e. The van der Waals surface area contributed by atoms with Gasteiger partial charge in [-0.15, -0.1) is 0 Å². The van der Waals surface area contributed by atoms with Crippen LogP contribution in [0, 0.1) is 0 Å². The molecular weight excluding hydrogens is 222 g/mol. The average molecular weight is 241 g/mol. The van der Waals surface area contributed by atoms with Crippen LogP contribution >= 0.6 is 0 Å². The van der Waals surface area contributed by atoms with Crippen molar-refractivity contribution in [1.82, 2.24) is 15.1 Å². The number of nitrogens with zero attached hydrogens (tertiary/aromatic N) is 2. The van der Waals surface area contributed by atoms with Gasteiger partial charge in [-0.2, -0.15) is 0 Å². The van der Waals surface area contributed by atoms with Gasteiger partial charge in [-0.05, 0) is 19.3 Å². The minimum atomic E-state index is -0.808. The van der Waals surface area contributed by atoms with E-state index in [4.69, 9.17) is 5.11 Å². The van der Waals surface area contributed by atoms with Gasteiger partial charge in [0.2, 0.25) is 0 Å². The lowest BCUT2D eigenvalue weighted by Crippen LogP contribution is -2.54. The van der Waals surface area contributed by atoms with Crippen molar-refractivity contribution in [1.29, 1.82) is 0 Å². The number of nitrogens with one attached hydrogen (secondary N) is 1. The molecule has 6 nitrogen and oxygen atoms in total. The Labute approximate surface area is 101 Å². The van der Waals surface area contributed by atoms with Gasteiger partial charge in [0.15, 0.2) is 0 Å². The van der Waals surface area contributed by atoms with Crippen LogP contribution in [0.4, 0.5) is 4.79 Å². The molecular formula is C11H19N3O3. The zero-order chi connectivity index (χ0) is 12.3. The van der Waals surface area contributed by atoms with E-state index in [2.05, 4.69) is 5.32 Å². The van der Waals surface area contributed by atoms with Crippen molar-refractivity contribution < 1.29 is 14.7 Å². The van der Waals surface area contributed by atoms with Gasteiger partial charge in [-0.3, -0.25) is 9.69 Å². The smallest absolute Gasteiger partial charge is 0.317 e. The highest BCUT2D eigenvalue weighted by Gasteiger charge is 2.25. The summed E-state index contributed by atoms with van der Waals surface area (Å²) < 4.78 is 0. The molecule has 0 unspecified atom stereocenters. The van der Waals surface area contributed by atoms with Gasteiger partial charge in [0, 0.05) is 32.2 Å². The second-order valence-electron chi connectivity index (χ2n) is 4.73. The van der Waals surface area contributed by atoms with E-state index in [-0.39, 0.29) is 12.6 Å². The highest BCUT2D eigenvalue weighted by atomic mass is 16.4. The molecule has 0 aromatic rings. The van der Waals surface area contributed by atoms with Crippen LogP contribution < -0.4 is 5.32 Å². The topological polar surface area (TPSA) is 72.9 Å². The second kappa shape index (κ2) is 5.35. The van der Waals surface area contributed by atoms with Crippen molar-refractivity contribution >= 4 is 12.0 Å². The van der Waals surface area contributed by atoms with Gasteiger partial charge in [-0.1, -0.05) is 0 Å². The van der Waals surface area contributed by atoms with Crippen molar-refractivity contribution in [2.75, 3.05) is 32.7 Å². The molecule has 0 atom stereocenters. The predicted molar refractivity (Wildman–Crippen MR) is 61.8 cm³/mol. The number of hydrogen-bond acceptors (Lipinski definition) is 3. The summed E-state index contributed by atoms with van der Waals surface area (Å²) >= 11 is 0. The van der Waals surface area contributed by atoms with Crippen LogP contribution in [0.5, 0.6) is 0 Å². The largest absolute Gasteiger partial charge is 0.480 e. The van der Waals surface area contributed by atoms with Crippen LogP contribution in [-0.4, -0.2) is 65.7 Å². The summed E-state index contributed by atoms with van der Waals surface area (Å²) in [5.41, 5.74) is 0. The number of hydrogen-bond donors (Lipinski definition) is 2. The molecule has 2 N–H and O–H groups in total. The molecule has 2 amide bonds. The minimum absolute atomic E-state index is 0.00433. The van der Waals surface area contributed by atoms with E-state index in [0.717, 1.165) is 12.8 Å². The molecule has 2 aliphatic rings. The van der Waals surface area contributed by atoms with Gasteiger partial charge in [0.05, 0.1) is 6.54 Å². The van der Waals surface area contributed by atoms with Crippen molar-refractivity contribution in [3.63, 3.8) is 0 Å². The van der Waals surface area contributed by atoms with E-state index in [1.165, 1.54) is 6.42 Å². The first-order valence-electron chi connectivity index (χ1n) is 6.15. The van der Waals surface area contributed by atoms with Gasteiger partial charge < -0.3 is 15.3 Å². The molecule has 0 aromatic carbocycles. The summed E-state index contributed by atoms with van der Waals surface area (Å²) in [5.74, 6) is -0.808. The summed E-state index contributed by atoms with van der Waals surface area (Å²) in [5, 5.41) is 11.7. The first-order chi connectivity index (χ1) is 8.15. The van der Waals surface area contributed by atoms with E-state index in [9.17, 15) is 9.59 Å². The van der Waals surface area contributed by atoms with Gasteiger partial charge in [0.25, 0.3) is 0 Å². The first kappa shape index (κ1) is 12.2. The van der Waals surface area contributed by atoms with Gasteiger partial charge >= 0.3 is 12.0 Å². The van der Waals surface area contributed by atoms with Crippen LogP contribution in [0.15, 0.2) is 0 Å². The molecule has 1 aliphatic heterocycles. The number of carboxylic acids is 1. The fourth-order valence-electron chi connectivity index (χ4n) is 2.12. The molecule has 0 bridgehead atoms. The Balaban J connectivity index is 1.70. The molecule has 0 aromatic heterocycles. The highest BCUT2D eigenvalue weighted by Crippen LogP contribution is 2.18. The predicted octanol–water partition coefficient (Wildman–Crippen LogP) is -0.0493. The van der Waals surface area contributed by atoms with E-state index in [0.29, 0.717) is 32.2 Å². The fourth-order valence-corrected chi connectivity index (χ4v) is 2.12. The van der Waals surface area contributed by atoms with Crippen molar-refractivity contribution in [2.24, 2.45) is 0 Å². The van der Waals surface area contributed by atoms with E-state index in [1.807, 2.05) is 4.90 Å². The zero-order valence-corrected chi connectivity index (χ0v) is 9.89. The van der Waals surface area contributed by atoms with Crippen LogP contribution in [0.2, 0.25) is 0 Å². The molecule has 1 saturated carbocycles. The third-order valence-electron chi connectivity index (χ3n) is 3.45. The molecule has 0 radical (unpaired) electrons. The Kier molecular flexibility index (Phi) is 3.83. The lowest BCUT2D eigenvalue weighted by Gasteiger charge is -2.36. The number of aliphatic carboxylic acids is 1. The number of urea groups is 1. The van der Waals surface area contributed by atoms with Crippen LogP contribution in [0.3, 0.4) is 0 Å². The molecule has 6 heteroatoms. The standard InChI is InChI=1S/C11H19N3O3/c15-10(16)8-13-4-6-14(7-5-13)11(17)12-9-2-1-3-9/h9H,1-8H2,(H,12,17)(H,15,16). The maximum absolute atomic E-state index is 11.8. The van der Waals surface area contributed by atoms with Crippen molar-refractivity contribution in [3.05, 3.63) is 0 Å². The van der Waals surface area contributed by atoms with Crippen molar-refractivity contribution in [2.45, 2.75) is 25.3 Å². The number of rotatable bonds is 3. The molecule has 1 heterocycles. The van der Waals surface area contributed by atoms with E-state index in [1.54, 1.807) is 4.90 Å². The van der Waals surface area contributed by atoms with Gasteiger partial charge in [0.1, 0.15) is 0 Å². The Morgan fingerprint density at radius 1 is 1.18 bits per heavy atom. The monoisotopic (exact) mass is 241 g/mol. The number of carbonyl (C=O) groups is 2. The second-order valence-corrected chi connectivity index (χ2v) is 4.73. The molecule has 17 heavy (non-hydrogen) atoms. The highest BCUT2D eigenvalue weighted by molar-refractivity contribution is 5.75. The van der Waals surface area contributed by atoms with E-state index < -0.39 is 5.97 Å². The summed E-state index contributed by atoms with van der Waals surface area (Å²) in [6.07, 6.45) is 3.38. The van der Waals surface area contributed by atoms with Crippen LogP contribution in [0.1, 0.15) is 19.3 Å². The third-order valence-corrected chi connectivity index (χ3v) is 3.45. The first-order valence-corrected chi connectivity index (χ1v) is 6.15. The summed E-state index contributed by atoms with van der Waals surface area (Å²) in [6.45, 7) is 2.59. The maximum Gasteiger partial charge on any atom is 0.317 e. The fraction of sp³-hybridized carbons (Fsp3) is 0.818. The maximum atomic E-state index is 11.8. The molecule has 2 rings (SSSR count). The lowest BCUT2D eigenvalue weighted by atomic mass is 9.93. The summed E-state index contributed by atoms with van der Waals surface area (Å²) in [4.78, 5) is 26.0. The Bertz CT molecular complexity index is 296. The van der Waals surface area contributed by atoms with Gasteiger partial charge in [-0.25, -0.2) is 4.79 Å². The van der Waals surface area contributed by atoms with E-state index >= 15 is 0 Å². The lowest BCUT2D eigenvalue weighted by molar-refractivity contribution is -0.138. The number of piperazine rings is 1. The molecule has 0 spiro atoms.